The van der Waals surface area contributed by atoms with Gasteiger partial charge in [0.05, 0.1) is 22.8 Å². The van der Waals surface area contributed by atoms with Crippen molar-refractivity contribution in [3.05, 3.63) is 22.3 Å². The number of hydrogen-bond acceptors (Lipinski definition) is 4. The molecule has 4 heteroatoms. The van der Waals surface area contributed by atoms with Crippen LogP contribution in [0.4, 0.5) is 11.4 Å². The second-order valence-corrected chi connectivity index (χ2v) is 5.70. The number of benzene rings is 1. The molecule has 0 spiro atoms. The minimum absolute atomic E-state index is 0.0383. The molecule has 0 saturated heterocycles. The number of hydrogen-bond donors (Lipinski definition) is 0. The lowest BCUT2D eigenvalue weighted by molar-refractivity contribution is -0.111. The van der Waals surface area contributed by atoms with E-state index < -0.39 is 0 Å². The van der Waals surface area contributed by atoms with E-state index in [1.165, 1.54) is 13.8 Å². The average molecular weight is 300 g/mol. The summed E-state index contributed by atoms with van der Waals surface area (Å²) >= 11 is 0. The number of nitrogens with zero attached hydrogens (tertiary/aromatic N) is 2. The van der Waals surface area contributed by atoms with Crippen LogP contribution in [0.1, 0.15) is 49.9 Å². The third kappa shape index (κ3) is 3.56. The van der Waals surface area contributed by atoms with Crippen LogP contribution in [0.2, 0.25) is 0 Å². The number of aliphatic imine (C=N–C) groups is 2. The van der Waals surface area contributed by atoms with Crippen LogP contribution in [-0.2, 0) is 9.59 Å². The predicted molar refractivity (Wildman–Crippen MR) is 92.3 cm³/mol. The van der Waals surface area contributed by atoms with Crippen molar-refractivity contribution < 1.29 is 9.59 Å². The quantitative estimate of drug-likeness (QED) is 0.779. The fraction of sp³-hybridized carbons (Fsp3) is 0.444. The molecule has 0 N–H and O–H groups in total. The zero-order valence-corrected chi connectivity index (χ0v) is 14.7. The topological polar surface area (TPSA) is 58.9 Å². The molecule has 1 aromatic carbocycles. The summed E-state index contributed by atoms with van der Waals surface area (Å²) in [7, 11) is 0. The number of carbonyl (C=O) groups is 2. The first kappa shape index (κ1) is 18.0. The van der Waals surface area contributed by atoms with Gasteiger partial charge in [-0.05, 0) is 63.8 Å². The molecular formula is C18H24N2O2. The highest BCUT2D eigenvalue weighted by Gasteiger charge is 2.15. The summed E-state index contributed by atoms with van der Waals surface area (Å²) in [6.07, 6.45) is 0. The molecule has 0 aliphatic carbocycles. The van der Waals surface area contributed by atoms with Crippen molar-refractivity contribution in [2.24, 2.45) is 9.98 Å². The van der Waals surface area contributed by atoms with Crippen molar-refractivity contribution >= 4 is 34.4 Å². The predicted octanol–water partition coefficient (Wildman–Crippen LogP) is 4.28. The van der Waals surface area contributed by atoms with Gasteiger partial charge < -0.3 is 0 Å². The zero-order chi connectivity index (χ0) is 17.2. The van der Waals surface area contributed by atoms with Crippen LogP contribution in [0.15, 0.2) is 9.98 Å². The van der Waals surface area contributed by atoms with Crippen LogP contribution in [0.3, 0.4) is 0 Å². The highest BCUT2D eigenvalue weighted by atomic mass is 16.1. The summed E-state index contributed by atoms with van der Waals surface area (Å²) in [5.74, 6) is -0.0766. The van der Waals surface area contributed by atoms with Gasteiger partial charge in [0, 0.05) is 13.8 Å². The Morgan fingerprint density at radius 3 is 1.00 bits per heavy atom. The molecule has 0 aromatic heterocycles. The molecule has 4 nitrogen and oxygen atoms in total. The fourth-order valence-electron chi connectivity index (χ4n) is 2.10. The number of ketones is 2. The summed E-state index contributed by atoms with van der Waals surface area (Å²) in [4.78, 5) is 31.8. The Balaban J connectivity index is 3.65. The number of rotatable bonds is 4. The Morgan fingerprint density at radius 1 is 0.591 bits per heavy atom. The van der Waals surface area contributed by atoms with Crippen LogP contribution in [0, 0.1) is 27.7 Å². The second kappa shape index (κ2) is 6.77. The molecule has 0 saturated carbocycles. The van der Waals surface area contributed by atoms with Crippen LogP contribution in [0.5, 0.6) is 0 Å². The molecule has 1 aromatic rings. The number of Topliss-reactive ketones (excluding diaryl/α,β-unsaturated/α-hetero) is 2. The molecule has 0 heterocycles. The number of carbonyl (C=O) groups excluding carboxylic acids is 2. The van der Waals surface area contributed by atoms with E-state index in [9.17, 15) is 9.59 Å². The van der Waals surface area contributed by atoms with E-state index in [1.54, 1.807) is 13.8 Å². The molecular weight excluding hydrogens is 276 g/mol. The first-order valence-corrected chi connectivity index (χ1v) is 7.30. The monoisotopic (exact) mass is 300 g/mol. The van der Waals surface area contributed by atoms with Crippen molar-refractivity contribution in [3.63, 3.8) is 0 Å². The highest BCUT2D eigenvalue weighted by molar-refractivity contribution is 6.39. The molecule has 0 aliphatic rings. The average Bonchev–Trinajstić information content (AvgIpc) is 2.45. The van der Waals surface area contributed by atoms with Gasteiger partial charge in [-0.25, -0.2) is 9.98 Å². The molecule has 0 amide bonds. The van der Waals surface area contributed by atoms with E-state index >= 15 is 0 Å². The van der Waals surface area contributed by atoms with Gasteiger partial charge in [0.1, 0.15) is 0 Å². The molecule has 0 fully saturated rings. The Bertz CT molecular complexity index is 620. The van der Waals surface area contributed by atoms with Gasteiger partial charge in [-0.3, -0.25) is 9.59 Å². The molecule has 118 valence electrons. The van der Waals surface area contributed by atoms with Crippen LogP contribution < -0.4 is 0 Å². The Hall–Kier alpha value is -2.10. The van der Waals surface area contributed by atoms with Crippen molar-refractivity contribution in [1.29, 1.82) is 0 Å². The molecule has 0 bridgehead atoms. The van der Waals surface area contributed by atoms with Gasteiger partial charge >= 0.3 is 0 Å². The molecule has 0 atom stereocenters. The summed E-state index contributed by atoms with van der Waals surface area (Å²) in [5.41, 5.74) is 6.56. The standard InChI is InChI=1S/C18H24N2O2/c1-9-10(2)18(20-14(6)16(8)22)12(4)11(3)17(9)19-13(5)15(7)21/h1-8H3. The van der Waals surface area contributed by atoms with Gasteiger partial charge in [-0.15, -0.1) is 0 Å². The minimum Gasteiger partial charge on any atom is -0.293 e. The lowest BCUT2D eigenvalue weighted by atomic mass is 9.96. The van der Waals surface area contributed by atoms with Crippen molar-refractivity contribution in [2.75, 3.05) is 0 Å². The van der Waals surface area contributed by atoms with Crippen molar-refractivity contribution in [3.8, 4) is 0 Å². The summed E-state index contributed by atoms with van der Waals surface area (Å²) in [6, 6.07) is 0. The summed E-state index contributed by atoms with van der Waals surface area (Å²) in [5, 5.41) is 0. The smallest absolute Gasteiger partial charge is 0.173 e. The van der Waals surface area contributed by atoms with Gasteiger partial charge in [0.25, 0.3) is 0 Å². The van der Waals surface area contributed by atoms with Crippen LogP contribution >= 0.6 is 0 Å². The largest absolute Gasteiger partial charge is 0.293 e. The molecule has 1 rings (SSSR count). The van der Waals surface area contributed by atoms with Gasteiger partial charge in [-0.2, -0.15) is 0 Å². The van der Waals surface area contributed by atoms with Gasteiger partial charge in [0.15, 0.2) is 11.6 Å². The molecule has 22 heavy (non-hydrogen) atoms. The fourth-order valence-corrected chi connectivity index (χ4v) is 2.10. The SMILES string of the molecule is CC(=O)C(C)=Nc1c(C)c(C)c(N=C(C)C(C)=O)c(C)c1C. The minimum atomic E-state index is -0.0383. The molecule has 0 aliphatic heterocycles. The van der Waals surface area contributed by atoms with E-state index in [4.69, 9.17) is 0 Å². The maximum atomic E-state index is 11.4. The lowest BCUT2D eigenvalue weighted by Gasteiger charge is -2.16. The second-order valence-electron chi connectivity index (χ2n) is 5.70. The maximum Gasteiger partial charge on any atom is 0.173 e. The van der Waals surface area contributed by atoms with Crippen molar-refractivity contribution in [1.82, 2.24) is 0 Å². The van der Waals surface area contributed by atoms with Crippen LogP contribution in [0.25, 0.3) is 0 Å². The Labute approximate surface area is 132 Å². The molecule has 0 radical (unpaired) electrons. The third-order valence-electron chi connectivity index (χ3n) is 4.12. The van der Waals surface area contributed by atoms with E-state index in [0.717, 1.165) is 33.6 Å². The normalized spacial score (nSPS) is 12.5. The van der Waals surface area contributed by atoms with Gasteiger partial charge in [0.2, 0.25) is 0 Å². The first-order valence-electron chi connectivity index (χ1n) is 7.30. The zero-order valence-electron chi connectivity index (χ0n) is 14.7. The van der Waals surface area contributed by atoms with Crippen molar-refractivity contribution in [2.45, 2.75) is 55.4 Å². The van der Waals surface area contributed by atoms with E-state index in [-0.39, 0.29) is 11.6 Å². The summed E-state index contributed by atoms with van der Waals surface area (Å²) in [6.45, 7) is 14.3. The molecule has 0 unspecified atom stereocenters. The Morgan fingerprint density at radius 2 is 0.818 bits per heavy atom. The Kier molecular flexibility index (Phi) is 5.53. The van der Waals surface area contributed by atoms with Crippen LogP contribution in [-0.4, -0.2) is 23.0 Å². The van der Waals surface area contributed by atoms with Gasteiger partial charge in [-0.1, -0.05) is 0 Å². The summed E-state index contributed by atoms with van der Waals surface area (Å²) < 4.78 is 0. The first-order chi connectivity index (χ1) is 10.1. The lowest BCUT2D eigenvalue weighted by Crippen LogP contribution is -2.06. The third-order valence-corrected chi connectivity index (χ3v) is 4.12. The maximum absolute atomic E-state index is 11.4. The van der Waals surface area contributed by atoms with E-state index in [2.05, 4.69) is 9.98 Å². The highest BCUT2D eigenvalue weighted by Crippen LogP contribution is 2.37. The van der Waals surface area contributed by atoms with E-state index in [1.807, 2.05) is 27.7 Å². The van der Waals surface area contributed by atoms with E-state index in [0.29, 0.717) is 11.4 Å².